The van der Waals surface area contributed by atoms with Crippen LogP contribution in [-0.2, 0) is 6.54 Å². The third-order valence-electron chi connectivity index (χ3n) is 2.80. The second-order valence-corrected chi connectivity index (χ2v) is 4.33. The fraction of sp³-hybridized carbons (Fsp3) is 0.538. The Kier molecular flexibility index (Phi) is 2.14. The van der Waals surface area contributed by atoms with Gasteiger partial charge < -0.3 is 5.11 Å². The fourth-order valence-corrected chi connectivity index (χ4v) is 2.10. The maximum atomic E-state index is 10.3. The zero-order valence-electron chi connectivity index (χ0n) is 11.8. The monoisotopic (exact) mass is 208 g/mol. The smallest absolute Gasteiger partial charge is 0.0746 e. The van der Waals surface area contributed by atoms with Crippen LogP contribution >= 0.6 is 0 Å². The minimum atomic E-state index is -2.30. The number of hydrogen-bond donors (Lipinski definition) is 1. The van der Waals surface area contributed by atoms with E-state index in [4.69, 9.17) is 4.11 Å². The van der Waals surface area contributed by atoms with Crippen molar-refractivity contribution >= 4 is 0 Å². The van der Waals surface area contributed by atoms with E-state index in [-0.39, 0.29) is 6.54 Å². The largest absolute Gasteiger partial charge is 0.389 e. The predicted molar refractivity (Wildman–Crippen MR) is 61.6 cm³/mol. The molecule has 1 N–H and O–H groups in total. The summed E-state index contributed by atoms with van der Waals surface area (Å²) in [6.07, 6.45) is 1.08. The number of hydrogen-bond acceptors (Lipinski definition) is 2. The average molecular weight is 208 g/mol. The van der Waals surface area contributed by atoms with Crippen LogP contribution in [-0.4, -0.2) is 28.7 Å². The van der Waals surface area contributed by atoms with E-state index in [2.05, 4.69) is 0 Å². The number of benzene rings is 1. The lowest BCUT2D eigenvalue weighted by molar-refractivity contribution is -0.0181. The molecule has 1 saturated heterocycles. The number of rotatable bonds is 2. The van der Waals surface area contributed by atoms with Gasteiger partial charge >= 0.3 is 0 Å². The summed E-state index contributed by atoms with van der Waals surface area (Å²) in [6, 6.07) is 9.93. The van der Waals surface area contributed by atoms with Gasteiger partial charge in [0.25, 0.3) is 0 Å². The molecule has 0 aliphatic carbocycles. The zero-order chi connectivity index (χ0) is 13.2. The lowest BCUT2D eigenvalue weighted by Gasteiger charge is -2.36. The number of piperidine rings is 1. The van der Waals surface area contributed by atoms with Crippen LogP contribution in [0.3, 0.4) is 0 Å². The molecule has 2 rings (SSSR count). The maximum Gasteiger partial charge on any atom is 0.0746 e. The summed E-state index contributed by atoms with van der Waals surface area (Å²) in [5, 5.41) is 10.3. The van der Waals surface area contributed by atoms with Gasteiger partial charge in [0.2, 0.25) is 0 Å². The van der Waals surface area contributed by atoms with Crippen molar-refractivity contribution < 1.29 is 9.22 Å². The molecule has 0 aromatic heterocycles. The van der Waals surface area contributed by atoms with Crippen LogP contribution in [0.25, 0.3) is 0 Å². The SMILES string of the molecule is [2H]C([2H])([2H])[C@@]1(O)CCCN(Cc2ccccc2)C1. The number of aliphatic hydroxyl groups is 1. The van der Waals surface area contributed by atoms with Gasteiger partial charge in [-0.1, -0.05) is 30.3 Å². The molecule has 1 aliphatic rings. The van der Waals surface area contributed by atoms with Gasteiger partial charge in [0.1, 0.15) is 0 Å². The number of nitrogens with zero attached hydrogens (tertiary/aromatic N) is 1. The highest BCUT2D eigenvalue weighted by Gasteiger charge is 2.27. The Balaban J connectivity index is 2.04. The van der Waals surface area contributed by atoms with Crippen LogP contribution < -0.4 is 0 Å². The molecule has 0 bridgehead atoms. The van der Waals surface area contributed by atoms with Gasteiger partial charge in [0, 0.05) is 17.2 Å². The highest BCUT2D eigenvalue weighted by molar-refractivity contribution is 5.14. The minimum absolute atomic E-state index is 0.221. The fourth-order valence-electron chi connectivity index (χ4n) is 2.10. The summed E-state index contributed by atoms with van der Waals surface area (Å²) in [5.74, 6) is 0. The molecule has 0 amide bonds. The third-order valence-corrected chi connectivity index (χ3v) is 2.80. The van der Waals surface area contributed by atoms with Crippen LogP contribution in [0.1, 0.15) is 29.4 Å². The van der Waals surface area contributed by atoms with E-state index in [1.807, 2.05) is 35.2 Å². The van der Waals surface area contributed by atoms with Crippen LogP contribution in [0.4, 0.5) is 0 Å². The van der Waals surface area contributed by atoms with Crippen molar-refractivity contribution in [1.29, 1.82) is 0 Å². The molecule has 1 aromatic rings. The van der Waals surface area contributed by atoms with Crippen molar-refractivity contribution in [3.63, 3.8) is 0 Å². The summed E-state index contributed by atoms with van der Waals surface area (Å²) in [4.78, 5) is 2.02. The minimum Gasteiger partial charge on any atom is -0.389 e. The van der Waals surface area contributed by atoms with Gasteiger partial charge in [-0.2, -0.15) is 0 Å². The van der Waals surface area contributed by atoms with E-state index >= 15 is 0 Å². The van der Waals surface area contributed by atoms with E-state index in [1.165, 1.54) is 0 Å². The van der Waals surface area contributed by atoms with E-state index in [1.54, 1.807) is 0 Å². The van der Waals surface area contributed by atoms with E-state index < -0.39 is 12.5 Å². The first-order valence-electron chi connectivity index (χ1n) is 6.89. The van der Waals surface area contributed by atoms with Crippen molar-refractivity contribution in [2.45, 2.75) is 31.8 Å². The molecule has 82 valence electrons. The quantitative estimate of drug-likeness (QED) is 0.804. The first kappa shape index (κ1) is 7.42. The Labute approximate surface area is 95.7 Å². The first-order chi connectivity index (χ1) is 8.41. The van der Waals surface area contributed by atoms with Crippen molar-refractivity contribution in [2.24, 2.45) is 0 Å². The third kappa shape index (κ3) is 3.05. The Morgan fingerprint density at radius 3 is 3.00 bits per heavy atom. The van der Waals surface area contributed by atoms with Gasteiger partial charge in [0.15, 0.2) is 0 Å². The molecule has 1 aromatic carbocycles. The molecule has 0 saturated carbocycles. The Morgan fingerprint density at radius 1 is 1.47 bits per heavy atom. The van der Waals surface area contributed by atoms with Gasteiger partial charge in [-0.15, -0.1) is 0 Å². The normalized spacial score (nSPS) is 31.7. The molecule has 0 spiro atoms. The number of likely N-dealkylation sites (tertiary alicyclic amines) is 1. The van der Waals surface area contributed by atoms with Crippen LogP contribution in [0.5, 0.6) is 0 Å². The van der Waals surface area contributed by atoms with Crippen molar-refractivity contribution in [1.82, 2.24) is 4.90 Å². The molecule has 0 radical (unpaired) electrons. The van der Waals surface area contributed by atoms with Gasteiger partial charge in [-0.3, -0.25) is 4.90 Å². The van der Waals surface area contributed by atoms with E-state index in [0.29, 0.717) is 13.0 Å². The summed E-state index contributed by atoms with van der Waals surface area (Å²) in [7, 11) is 0. The van der Waals surface area contributed by atoms with Crippen LogP contribution in [0.15, 0.2) is 30.3 Å². The van der Waals surface area contributed by atoms with Crippen molar-refractivity contribution in [3.05, 3.63) is 35.9 Å². The van der Waals surface area contributed by atoms with Crippen LogP contribution in [0, 0.1) is 0 Å². The summed E-state index contributed by atoms with van der Waals surface area (Å²) in [5.41, 5.74) is -0.410. The Bertz CT molecular complexity index is 393. The van der Waals surface area contributed by atoms with Crippen molar-refractivity contribution in [2.75, 3.05) is 13.1 Å². The molecule has 2 heteroatoms. The van der Waals surface area contributed by atoms with Crippen LogP contribution in [0.2, 0.25) is 0 Å². The first-order valence-corrected chi connectivity index (χ1v) is 5.39. The highest BCUT2D eigenvalue weighted by Crippen LogP contribution is 2.21. The molecular weight excluding hydrogens is 186 g/mol. The molecule has 2 nitrogen and oxygen atoms in total. The highest BCUT2D eigenvalue weighted by atomic mass is 16.3. The summed E-state index contributed by atoms with van der Waals surface area (Å²) < 4.78 is 22.3. The second kappa shape index (κ2) is 4.33. The van der Waals surface area contributed by atoms with Gasteiger partial charge in [-0.05, 0) is 31.8 Å². The molecule has 15 heavy (non-hydrogen) atoms. The van der Waals surface area contributed by atoms with Gasteiger partial charge in [0.05, 0.1) is 5.60 Å². The lowest BCUT2D eigenvalue weighted by Crippen LogP contribution is -2.45. The number of β-amino-alcohol motifs (C(OH)–C–C–N with tert-alkyl or cyclic N) is 1. The average Bonchev–Trinajstić information content (AvgIpc) is 2.29. The Hall–Kier alpha value is -0.860. The van der Waals surface area contributed by atoms with Gasteiger partial charge in [-0.25, -0.2) is 0 Å². The molecule has 1 fully saturated rings. The zero-order valence-corrected chi connectivity index (χ0v) is 8.82. The molecule has 1 heterocycles. The lowest BCUT2D eigenvalue weighted by atomic mass is 9.95. The van der Waals surface area contributed by atoms with E-state index in [0.717, 1.165) is 18.5 Å². The van der Waals surface area contributed by atoms with Crippen molar-refractivity contribution in [3.8, 4) is 0 Å². The molecular formula is C13H19NO. The standard InChI is InChI=1S/C13H19NO/c1-13(15)8-5-9-14(11-13)10-12-6-3-2-4-7-12/h2-4,6-7,15H,5,8-11H2,1H3/t13-/m1/s1/i1D3. The van der Waals surface area contributed by atoms with E-state index in [9.17, 15) is 5.11 Å². The molecule has 1 atom stereocenters. The predicted octanol–water partition coefficient (Wildman–Crippen LogP) is 2.03. The Morgan fingerprint density at radius 2 is 2.27 bits per heavy atom. The molecule has 1 aliphatic heterocycles. The topological polar surface area (TPSA) is 23.5 Å². The summed E-state index contributed by atoms with van der Waals surface area (Å²) in [6.45, 7) is -0.548. The maximum absolute atomic E-state index is 10.3. The summed E-state index contributed by atoms with van der Waals surface area (Å²) >= 11 is 0. The molecule has 0 unspecified atom stereocenters. The second-order valence-electron chi connectivity index (χ2n) is 4.33.